The highest BCUT2D eigenvalue weighted by atomic mass is 16.5. The second kappa shape index (κ2) is 6.37. The van der Waals surface area contributed by atoms with E-state index in [0.29, 0.717) is 6.54 Å². The fraction of sp³-hybridized carbons (Fsp3) is 0.562. The van der Waals surface area contributed by atoms with E-state index in [2.05, 4.69) is 23.2 Å². The van der Waals surface area contributed by atoms with E-state index in [1.165, 1.54) is 5.56 Å². The Kier molecular flexibility index (Phi) is 4.78. The Labute approximate surface area is 121 Å². The number of rotatable bonds is 3. The first-order chi connectivity index (χ1) is 9.44. The minimum Gasteiger partial charge on any atom is -0.373 e. The zero-order chi connectivity index (χ0) is 14.7. The number of aryl methyl sites for hydroxylation is 2. The number of ether oxygens (including phenoxy) is 1. The fourth-order valence-electron chi connectivity index (χ4n) is 2.76. The summed E-state index contributed by atoms with van der Waals surface area (Å²) in [5, 5.41) is 2.99. The highest BCUT2D eigenvalue weighted by Crippen LogP contribution is 2.16. The van der Waals surface area contributed by atoms with Gasteiger partial charge in [-0.2, -0.15) is 0 Å². The molecule has 0 aliphatic carbocycles. The van der Waals surface area contributed by atoms with Crippen molar-refractivity contribution in [2.45, 2.75) is 39.9 Å². The molecule has 4 heteroatoms. The van der Waals surface area contributed by atoms with Crippen LogP contribution in [-0.4, -0.2) is 42.6 Å². The van der Waals surface area contributed by atoms with E-state index in [0.717, 1.165) is 24.3 Å². The van der Waals surface area contributed by atoms with Crippen molar-refractivity contribution < 1.29 is 9.53 Å². The Bertz CT molecular complexity index is 477. The molecule has 1 heterocycles. The molecule has 4 nitrogen and oxygen atoms in total. The lowest BCUT2D eigenvalue weighted by Crippen LogP contribution is -2.48. The largest absolute Gasteiger partial charge is 0.373 e. The molecule has 1 fully saturated rings. The maximum absolute atomic E-state index is 12.1. The molecule has 1 amide bonds. The molecule has 2 rings (SSSR count). The lowest BCUT2D eigenvalue weighted by Gasteiger charge is -2.34. The van der Waals surface area contributed by atoms with Gasteiger partial charge in [0.1, 0.15) is 0 Å². The van der Waals surface area contributed by atoms with Gasteiger partial charge < -0.3 is 10.1 Å². The number of anilines is 1. The van der Waals surface area contributed by atoms with Crippen molar-refractivity contribution in [2.24, 2.45) is 0 Å². The first-order valence-corrected chi connectivity index (χ1v) is 7.19. The van der Waals surface area contributed by atoms with Crippen LogP contribution >= 0.6 is 0 Å². The molecule has 0 spiro atoms. The summed E-state index contributed by atoms with van der Waals surface area (Å²) in [5.41, 5.74) is 3.20. The molecular weight excluding hydrogens is 252 g/mol. The van der Waals surface area contributed by atoms with Gasteiger partial charge in [-0.15, -0.1) is 0 Å². The Morgan fingerprint density at radius 1 is 1.30 bits per heavy atom. The SMILES string of the molecule is Cc1ccc(NC(=O)CN2C[C@@H](C)O[C@H](C)C2)c(C)c1. The maximum atomic E-state index is 12.1. The van der Waals surface area contributed by atoms with Gasteiger partial charge in [-0.25, -0.2) is 0 Å². The van der Waals surface area contributed by atoms with Crippen LogP contribution in [0.2, 0.25) is 0 Å². The monoisotopic (exact) mass is 276 g/mol. The summed E-state index contributed by atoms with van der Waals surface area (Å²) >= 11 is 0. The molecule has 1 aromatic carbocycles. The van der Waals surface area contributed by atoms with Crippen molar-refractivity contribution in [2.75, 3.05) is 25.0 Å². The normalized spacial score (nSPS) is 23.6. The predicted molar refractivity (Wildman–Crippen MR) is 81.0 cm³/mol. The third kappa shape index (κ3) is 4.05. The molecule has 110 valence electrons. The van der Waals surface area contributed by atoms with Gasteiger partial charge in [-0.1, -0.05) is 17.7 Å². The van der Waals surface area contributed by atoms with Crippen molar-refractivity contribution in [3.63, 3.8) is 0 Å². The average molecular weight is 276 g/mol. The van der Waals surface area contributed by atoms with Crippen LogP contribution in [0.1, 0.15) is 25.0 Å². The van der Waals surface area contributed by atoms with Crippen molar-refractivity contribution in [1.29, 1.82) is 0 Å². The van der Waals surface area contributed by atoms with Gasteiger partial charge in [-0.05, 0) is 39.3 Å². The average Bonchev–Trinajstić information content (AvgIpc) is 2.31. The van der Waals surface area contributed by atoms with Crippen LogP contribution in [0.25, 0.3) is 0 Å². The van der Waals surface area contributed by atoms with E-state index < -0.39 is 0 Å². The van der Waals surface area contributed by atoms with E-state index in [4.69, 9.17) is 4.74 Å². The minimum absolute atomic E-state index is 0.0400. The van der Waals surface area contributed by atoms with Gasteiger partial charge in [0.15, 0.2) is 0 Å². The molecule has 1 aromatic rings. The van der Waals surface area contributed by atoms with Crippen LogP contribution in [0.3, 0.4) is 0 Å². The molecule has 0 aromatic heterocycles. The molecule has 1 saturated heterocycles. The van der Waals surface area contributed by atoms with Gasteiger partial charge >= 0.3 is 0 Å². The van der Waals surface area contributed by atoms with Gasteiger partial charge in [0.05, 0.1) is 18.8 Å². The first kappa shape index (κ1) is 15.0. The van der Waals surface area contributed by atoms with Crippen LogP contribution in [-0.2, 0) is 9.53 Å². The molecular formula is C16H24N2O2. The number of hydrogen-bond donors (Lipinski definition) is 1. The number of carbonyl (C=O) groups is 1. The maximum Gasteiger partial charge on any atom is 0.238 e. The summed E-state index contributed by atoms with van der Waals surface area (Å²) in [6.45, 7) is 10.2. The Hall–Kier alpha value is -1.39. The van der Waals surface area contributed by atoms with E-state index in [1.54, 1.807) is 0 Å². The summed E-state index contributed by atoms with van der Waals surface area (Å²) in [6, 6.07) is 6.06. The molecule has 0 radical (unpaired) electrons. The Balaban J connectivity index is 1.92. The molecule has 0 unspecified atom stereocenters. The van der Waals surface area contributed by atoms with E-state index >= 15 is 0 Å². The van der Waals surface area contributed by atoms with E-state index in [-0.39, 0.29) is 18.1 Å². The molecule has 0 saturated carbocycles. The lowest BCUT2D eigenvalue weighted by atomic mass is 10.1. The van der Waals surface area contributed by atoms with Crippen LogP contribution in [0.5, 0.6) is 0 Å². The fourth-order valence-corrected chi connectivity index (χ4v) is 2.76. The van der Waals surface area contributed by atoms with Gasteiger partial charge in [0, 0.05) is 18.8 Å². The number of morpholine rings is 1. The molecule has 1 N–H and O–H groups in total. The predicted octanol–water partition coefficient (Wildman–Crippen LogP) is 2.35. The van der Waals surface area contributed by atoms with Crippen molar-refractivity contribution >= 4 is 11.6 Å². The summed E-state index contributed by atoms with van der Waals surface area (Å²) in [6.07, 6.45) is 0.375. The summed E-state index contributed by atoms with van der Waals surface area (Å²) < 4.78 is 5.68. The standard InChI is InChI=1S/C16H24N2O2/c1-11-5-6-15(12(2)7-11)17-16(19)10-18-8-13(3)20-14(4)9-18/h5-7,13-14H,8-10H2,1-4H3,(H,17,19)/t13-,14-/m1/s1. The highest BCUT2D eigenvalue weighted by Gasteiger charge is 2.23. The second-order valence-electron chi connectivity index (χ2n) is 5.82. The third-order valence-electron chi connectivity index (χ3n) is 3.52. The van der Waals surface area contributed by atoms with E-state index in [9.17, 15) is 4.79 Å². The Morgan fingerprint density at radius 2 is 1.95 bits per heavy atom. The van der Waals surface area contributed by atoms with Crippen molar-refractivity contribution in [3.8, 4) is 0 Å². The first-order valence-electron chi connectivity index (χ1n) is 7.19. The second-order valence-corrected chi connectivity index (χ2v) is 5.82. The van der Waals surface area contributed by atoms with Crippen LogP contribution < -0.4 is 5.32 Å². The number of amides is 1. The number of nitrogens with one attached hydrogen (secondary N) is 1. The molecule has 0 bridgehead atoms. The smallest absolute Gasteiger partial charge is 0.238 e. The summed E-state index contributed by atoms with van der Waals surface area (Å²) in [4.78, 5) is 14.3. The summed E-state index contributed by atoms with van der Waals surface area (Å²) in [7, 11) is 0. The lowest BCUT2D eigenvalue weighted by molar-refractivity contribution is -0.121. The van der Waals surface area contributed by atoms with E-state index in [1.807, 2.05) is 32.9 Å². The van der Waals surface area contributed by atoms with Crippen molar-refractivity contribution in [3.05, 3.63) is 29.3 Å². The summed E-state index contributed by atoms with van der Waals surface area (Å²) in [5.74, 6) is 0.0400. The van der Waals surface area contributed by atoms with Gasteiger partial charge in [0.2, 0.25) is 5.91 Å². The zero-order valence-corrected chi connectivity index (χ0v) is 12.8. The topological polar surface area (TPSA) is 41.6 Å². The van der Waals surface area contributed by atoms with Gasteiger partial charge in [0.25, 0.3) is 0 Å². The zero-order valence-electron chi connectivity index (χ0n) is 12.8. The van der Waals surface area contributed by atoms with Crippen LogP contribution in [0.4, 0.5) is 5.69 Å². The number of carbonyl (C=O) groups excluding carboxylic acids is 1. The third-order valence-corrected chi connectivity index (χ3v) is 3.52. The van der Waals surface area contributed by atoms with Crippen LogP contribution in [0, 0.1) is 13.8 Å². The molecule has 20 heavy (non-hydrogen) atoms. The highest BCUT2D eigenvalue weighted by molar-refractivity contribution is 5.93. The Morgan fingerprint density at radius 3 is 2.55 bits per heavy atom. The number of hydrogen-bond acceptors (Lipinski definition) is 3. The molecule has 2 atom stereocenters. The molecule has 1 aliphatic rings. The molecule has 1 aliphatic heterocycles. The van der Waals surface area contributed by atoms with Gasteiger partial charge in [-0.3, -0.25) is 9.69 Å². The number of nitrogens with zero attached hydrogens (tertiary/aromatic N) is 1. The minimum atomic E-state index is 0.0400. The van der Waals surface area contributed by atoms with Crippen molar-refractivity contribution in [1.82, 2.24) is 4.90 Å². The quantitative estimate of drug-likeness (QED) is 0.921. The van der Waals surface area contributed by atoms with Crippen LogP contribution in [0.15, 0.2) is 18.2 Å². The number of benzene rings is 1.